The molecule has 0 N–H and O–H groups in total. The summed E-state index contributed by atoms with van der Waals surface area (Å²) < 4.78 is 7.38. The summed E-state index contributed by atoms with van der Waals surface area (Å²) in [6.07, 6.45) is 1.87. The van der Waals surface area contributed by atoms with Crippen molar-refractivity contribution in [1.82, 2.24) is 4.57 Å². The highest BCUT2D eigenvalue weighted by molar-refractivity contribution is 6.31. The number of benzene rings is 2. The van der Waals surface area contributed by atoms with Crippen molar-refractivity contribution in [3.05, 3.63) is 76.6 Å². The number of aromatic nitrogens is 1. The number of methoxy groups -OCH3 is 1. The largest absolute Gasteiger partial charge is 0.497 e. The zero-order valence-corrected chi connectivity index (χ0v) is 14.7. The van der Waals surface area contributed by atoms with Gasteiger partial charge in [0.05, 0.1) is 24.7 Å². The molecule has 0 bridgehead atoms. The molecule has 0 aliphatic carbocycles. The number of nitrogens with zero attached hydrogens (tertiary/aromatic N) is 2. The second-order valence-electron chi connectivity index (χ2n) is 5.58. The molecule has 0 spiro atoms. The van der Waals surface area contributed by atoms with Gasteiger partial charge in [0.15, 0.2) is 0 Å². The van der Waals surface area contributed by atoms with Crippen LogP contribution in [-0.4, -0.2) is 17.9 Å². The maximum absolute atomic E-state index is 6.16. The van der Waals surface area contributed by atoms with E-state index in [4.69, 9.17) is 16.3 Å². The van der Waals surface area contributed by atoms with E-state index in [0.717, 1.165) is 39.1 Å². The van der Waals surface area contributed by atoms with Crippen molar-refractivity contribution in [3.8, 4) is 11.4 Å². The molecule has 0 unspecified atom stereocenters. The van der Waals surface area contributed by atoms with E-state index in [0.29, 0.717) is 0 Å². The Kier molecular flexibility index (Phi) is 4.72. The van der Waals surface area contributed by atoms with Crippen LogP contribution >= 0.6 is 11.6 Å². The van der Waals surface area contributed by atoms with Crippen molar-refractivity contribution in [2.75, 3.05) is 7.11 Å². The first-order valence-electron chi connectivity index (χ1n) is 7.72. The highest BCUT2D eigenvalue weighted by Crippen LogP contribution is 2.26. The lowest BCUT2D eigenvalue weighted by Crippen LogP contribution is -2.01. The van der Waals surface area contributed by atoms with Crippen LogP contribution in [0.2, 0.25) is 5.02 Å². The van der Waals surface area contributed by atoms with Crippen molar-refractivity contribution >= 4 is 23.5 Å². The maximum atomic E-state index is 6.16. The molecule has 0 radical (unpaired) electrons. The molecule has 0 saturated carbocycles. The molecule has 0 atom stereocenters. The molecular formula is C20H19ClN2O. The van der Waals surface area contributed by atoms with Gasteiger partial charge in [0.1, 0.15) is 5.75 Å². The lowest BCUT2D eigenvalue weighted by atomic mass is 10.2. The van der Waals surface area contributed by atoms with E-state index >= 15 is 0 Å². The standard InChI is InChI=1S/C20H19ClN2O/c1-14-7-8-17(13-22-20-6-4-5-19(21)15(20)2)23(14)16-9-11-18(24-3)12-10-16/h4-13H,1-3H3. The Morgan fingerprint density at radius 1 is 1.00 bits per heavy atom. The minimum atomic E-state index is 0.728. The predicted molar refractivity (Wildman–Crippen MR) is 101 cm³/mol. The van der Waals surface area contributed by atoms with Crippen molar-refractivity contribution in [3.63, 3.8) is 0 Å². The second kappa shape index (κ2) is 6.93. The van der Waals surface area contributed by atoms with E-state index < -0.39 is 0 Å². The van der Waals surface area contributed by atoms with E-state index in [2.05, 4.69) is 28.6 Å². The lowest BCUT2D eigenvalue weighted by molar-refractivity contribution is 0.414. The third-order valence-electron chi connectivity index (χ3n) is 4.01. The van der Waals surface area contributed by atoms with Gasteiger partial charge in [-0.3, -0.25) is 4.99 Å². The fourth-order valence-corrected chi connectivity index (χ4v) is 2.78. The smallest absolute Gasteiger partial charge is 0.119 e. The number of aliphatic imine (C=N–C) groups is 1. The van der Waals surface area contributed by atoms with Gasteiger partial charge >= 0.3 is 0 Å². The van der Waals surface area contributed by atoms with Gasteiger partial charge < -0.3 is 9.30 Å². The van der Waals surface area contributed by atoms with Gasteiger partial charge in [-0.15, -0.1) is 0 Å². The summed E-state index contributed by atoms with van der Waals surface area (Å²) in [6, 6.07) is 17.9. The predicted octanol–water partition coefficient (Wildman–Crippen LogP) is 5.51. The van der Waals surface area contributed by atoms with Crippen LogP contribution < -0.4 is 4.74 Å². The fraction of sp³-hybridized carbons (Fsp3) is 0.150. The van der Waals surface area contributed by atoms with Crippen molar-refractivity contribution in [2.45, 2.75) is 13.8 Å². The number of halogens is 1. The van der Waals surface area contributed by atoms with Crippen LogP contribution in [0.4, 0.5) is 5.69 Å². The van der Waals surface area contributed by atoms with Gasteiger partial charge in [-0.2, -0.15) is 0 Å². The van der Waals surface area contributed by atoms with Crippen LogP contribution in [0, 0.1) is 13.8 Å². The van der Waals surface area contributed by atoms with Crippen LogP contribution in [0.5, 0.6) is 5.75 Å². The minimum absolute atomic E-state index is 0.728. The van der Waals surface area contributed by atoms with Crippen molar-refractivity contribution in [2.24, 2.45) is 4.99 Å². The first-order chi connectivity index (χ1) is 11.6. The molecule has 1 aromatic heterocycles. The van der Waals surface area contributed by atoms with Crippen molar-refractivity contribution < 1.29 is 4.74 Å². The summed E-state index contributed by atoms with van der Waals surface area (Å²) in [7, 11) is 1.67. The van der Waals surface area contributed by atoms with Crippen LogP contribution in [0.15, 0.2) is 59.6 Å². The van der Waals surface area contributed by atoms with Gasteiger partial charge in [0.2, 0.25) is 0 Å². The highest BCUT2D eigenvalue weighted by Gasteiger charge is 2.06. The molecule has 0 aliphatic rings. The van der Waals surface area contributed by atoms with E-state index in [1.165, 1.54) is 0 Å². The number of ether oxygens (including phenoxy) is 1. The molecule has 3 aromatic rings. The molecule has 3 nitrogen and oxygen atoms in total. The Balaban J connectivity index is 1.98. The Bertz CT molecular complexity index is 879. The summed E-state index contributed by atoms with van der Waals surface area (Å²) in [4.78, 5) is 4.62. The Labute approximate surface area is 147 Å². The third-order valence-corrected chi connectivity index (χ3v) is 4.42. The summed E-state index contributed by atoms with van der Waals surface area (Å²) in [5, 5.41) is 0.728. The monoisotopic (exact) mass is 338 g/mol. The van der Waals surface area contributed by atoms with Crippen LogP contribution in [0.1, 0.15) is 17.0 Å². The van der Waals surface area contributed by atoms with Gasteiger partial charge in [0.25, 0.3) is 0 Å². The number of aryl methyl sites for hydroxylation is 1. The molecule has 0 saturated heterocycles. The average Bonchev–Trinajstić information content (AvgIpc) is 2.97. The van der Waals surface area contributed by atoms with Gasteiger partial charge in [-0.05, 0) is 67.9 Å². The zero-order valence-electron chi connectivity index (χ0n) is 14.0. The maximum Gasteiger partial charge on any atom is 0.119 e. The van der Waals surface area contributed by atoms with E-state index in [-0.39, 0.29) is 0 Å². The molecule has 0 amide bonds. The van der Waals surface area contributed by atoms with E-state index in [1.807, 2.05) is 55.6 Å². The van der Waals surface area contributed by atoms with Crippen LogP contribution in [0.25, 0.3) is 5.69 Å². The van der Waals surface area contributed by atoms with E-state index in [1.54, 1.807) is 7.11 Å². The molecular weight excluding hydrogens is 320 g/mol. The Morgan fingerprint density at radius 2 is 1.75 bits per heavy atom. The Hall–Kier alpha value is -2.52. The SMILES string of the molecule is COc1ccc(-n2c(C)ccc2C=Nc2cccc(Cl)c2C)cc1. The summed E-state index contributed by atoms with van der Waals surface area (Å²) >= 11 is 6.16. The number of hydrogen-bond acceptors (Lipinski definition) is 2. The molecule has 2 aromatic carbocycles. The van der Waals surface area contributed by atoms with Gasteiger partial charge in [0, 0.05) is 16.4 Å². The molecule has 1 heterocycles. The average molecular weight is 339 g/mol. The normalized spacial score (nSPS) is 11.2. The van der Waals surface area contributed by atoms with Crippen LogP contribution in [0.3, 0.4) is 0 Å². The molecule has 24 heavy (non-hydrogen) atoms. The second-order valence-corrected chi connectivity index (χ2v) is 5.98. The molecule has 3 rings (SSSR count). The first kappa shape index (κ1) is 16.3. The molecule has 0 fully saturated rings. The number of hydrogen-bond donors (Lipinski definition) is 0. The Morgan fingerprint density at radius 3 is 2.46 bits per heavy atom. The number of rotatable bonds is 4. The lowest BCUT2D eigenvalue weighted by Gasteiger charge is -2.10. The minimum Gasteiger partial charge on any atom is -0.497 e. The first-order valence-corrected chi connectivity index (χ1v) is 8.10. The third kappa shape index (κ3) is 3.22. The van der Waals surface area contributed by atoms with Crippen molar-refractivity contribution in [1.29, 1.82) is 0 Å². The van der Waals surface area contributed by atoms with E-state index in [9.17, 15) is 0 Å². The van der Waals surface area contributed by atoms with Gasteiger partial charge in [-0.1, -0.05) is 17.7 Å². The molecule has 0 aliphatic heterocycles. The molecule has 4 heteroatoms. The summed E-state index contributed by atoms with van der Waals surface area (Å²) in [5.41, 5.74) is 5.08. The van der Waals surface area contributed by atoms with Crippen LogP contribution in [-0.2, 0) is 0 Å². The van der Waals surface area contributed by atoms with Gasteiger partial charge in [-0.25, -0.2) is 0 Å². The fourth-order valence-electron chi connectivity index (χ4n) is 2.62. The quantitative estimate of drug-likeness (QED) is 0.576. The zero-order chi connectivity index (χ0) is 17.1. The topological polar surface area (TPSA) is 26.5 Å². The molecule has 122 valence electrons. The summed E-state index contributed by atoms with van der Waals surface area (Å²) in [5.74, 6) is 0.841. The summed E-state index contributed by atoms with van der Waals surface area (Å²) in [6.45, 7) is 4.05. The highest BCUT2D eigenvalue weighted by atomic mass is 35.5.